The highest BCUT2D eigenvalue weighted by atomic mass is 79.9. The number of carbonyl (C=O) groups excluding carboxylic acids is 1. The standard InChI is InChI=1S/C28H27BrN2O3/c1-27(2,3)34-26(32)31-28(14-7-15-28)20-12-10-19(11-13-20)24-23(18-8-5-4-6-9-18)22-16-21(29)17-30-25(22)33-24/h4-6,8-13,16-17H,7,14-15H2,1-3H3,(H,31,32). The van der Waals surface area contributed by atoms with Gasteiger partial charge in [-0.25, -0.2) is 9.78 Å². The molecule has 5 rings (SSSR count). The highest BCUT2D eigenvalue weighted by Crippen LogP contribution is 2.44. The number of ether oxygens (including phenoxy) is 1. The van der Waals surface area contributed by atoms with Gasteiger partial charge in [-0.2, -0.15) is 0 Å². The summed E-state index contributed by atoms with van der Waals surface area (Å²) in [6, 6.07) is 20.5. The van der Waals surface area contributed by atoms with Crippen molar-refractivity contribution in [2.24, 2.45) is 0 Å². The average Bonchev–Trinajstić information content (AvgIpc) is 3.14. The molecule has 1 aliphatic rings. The van der Waals surface area contributed by atoms with Crippen LogP contribution in [-0.2, 0) is 10.3 Å². The second-order valence-corrected chi connectivity index (χ2v) is 10.7. The molecule has 4 aromatic rings. The molecule has 1 N–H and O–H groups in total. The zero-order valence-corrected chi connectivity index (χ0v) is 21.1. The van der Waals surface area contributed by atoms with E-state index >= 15 is 0 Å². The number of furan rings is 1. The lowest BCUT2D eigenvalue weighted by Gasteiger charge is -2.43. The van der Waals surface area contributed by atoms with Crippen LogP contribution in [0.25, 0.3) is 33.6 Å². The van der Waals surface area contributed by atoms with Crippen molar-refractivity contribution in [2.45, 2.75) is 51.2 Å². The number of rotatable bonds is 4. The number of amides is 1. The maximum absolute atomic E-state index is 12.5. The van der Waals surface area contributed by atoms with Crippen LogP contribution in [-0.4, -0.2) is 16.7 Å². The van der Waals surface area contributed by atoms with Crippen molar-refractivity contribution in [2.75, 3.05) is 0 Å². The maximum atomic E-state index is 12.5. The number of nitrogens with zero attached hydrogens (tertiary/aromatic N) is 1. The Kier molecular flexibility index (Phi) is 5.72. The Labute approximate surface area is 207 Å². The fourth-order valence-corrected chi connectivity index (χ4v) is 4.84. The summed E-state index contributed by atoms with van der Waals surface area (Å²) < 4.78 is 12.7. The number of fused-ring (bicyclic) bond motifs is 1. The van der Waals surface area contributed by atoms with E-state index in [4.69, 9.17) is 9.15 Å². The lowest BCUT2D eigenvalue weighted by atomic mass is 9.71. The number of halogens is 1. The fourth-order valence-electron chi connectivity index (χ4n) is 4.51. The van der Waals surface area contributed by atoms with Crippen molar-refractivity contribution in [1.29, 1.82) is 0 Å². The van der Waals surface area contributed by atoms with E-state index in [2.05, 4.69) is 62.6 Å². The van der Waals surface area contributed by atoms with Gasteiger partial charge in [0.05, 0.1) is 5.54 Å². The van der Waals surface area contributed by atoms with Gasteiger partial charge in [0.1, 0.15) is 11.4 Å². The number of carbonyl (C=O) groups is 1. The molecule has 34 heavy (non-hydrogen) atoms. The van der Waals surface area contributed by atoms with Gasteiger partial charge in [-0.05, 0) is 73.2 Å². The van der Waals surface area contributed by atoms with Gasteiger partial charge in [0.25, 0.3) is 0 Å². The molecule has 0 aliphatic heterocycles. The van der Waals surface area contributed by atoms with Gasteiger partial charge < -0.3 is 14.5 Å². The normalized spacial score (nSPS) is 15.1. The molecule has 0 bridgehead atoms. The van der Waals surface area contributed by atoms with Crippen LogP contribution in [0.2, 0.25) is 0 Å². The Hall–Kier alpha value is -3.12. The van der Waals surface area contributed by atoms with Crippen LogP contribution in [0.4, 0.5) is 4.79 Å². The van der Waals surface area contributed by atoms with E-state index in [-0.39, 0.29) is 11.6 Å². The van der Waals surface area contributed by atoms with Crippen LogP contribution in [0.3, 0.4) is 0 Å². The Bertz CT molecular complexity index is 1330. The van der Waals surface area contributed by atoms with Crippen LogP contribution in [0.5, 0.6) is 0 Å². The quantitative estimate of drug-likeness (QED) is 0.299. The Balaban J connectivity index is 1.52. The second kappa shape index (κ2) is 8.58. The van der Waals surface area contributed by atoms with Gasteiger partial charge in [-0.3, -0.25) is 0 Å². The Morgan fingerprint density at radius 1 is 1.06 bits per heavy atom. The summed E-state index contributed by atoms with van der Waals surface area (Å²) in [4.78, 5) is 17.0. The molecule has 0 spiro atoms. The molecule has 1 saturated carbocycles. The number of benzene rings is 2. The lowest BCUT2D eigenvalue weighted by molar-refractivity contribution is 0.0377. The van der Waals surface area contributed by atoms with Crippen molar-refractivity contribution in [3.05, 3.63) is 76.9 Å². The third-order valence-electron chi connectivity index (χ3n) is 6.22. The molecule has 1 fully saturated rings. The Morgan fingerprint density at radius 3 is 2.38 bits per heavy atom. The molecule has 2 aromatic carbocycles. The molecule has 1 amide bonds. The van der Waals surface area contributed by atoms with Crippen LogP contribution >= 0.6 is 15.9 Å². The molecular formula is C28H27BrN2O3. The van der Waals surface area contributed by atoms with E-state index in [1.54, 1.807) is 6.20 Å². The average molecular weight is 519 g/mol. The van der Waals surface area contributed by atoms with Gasteiger partial charge in [0, 0.05) is 27.2 Å². The minimum absolute atomic E-state index is 0.378. The molecule has 2 heterocycles. The molecule has 5 nitrogen and oxygen atoms in total. The minimum Gasteiger partial charge on any atom is -0.444 e. The number of alkyl carbamates (subject to hydrolysis) is 1. The largest absolute Gasteiger partial charge is 0.444 e. The van der Waals surface area contributed by atoms with E-state index in [0.717, 1.165) is 57.1 Å². The second-order valence-electron chi connectivity index (χ2n) is 9.82. The van der Waals surface area contributed by atoms with Crippen molar-refractivity contribution < 1.29 is 13.9 Å². The van der Waals surface area contributed by atoms with Gasteiger partial charge in [-0.15, -0.1) is 0 Å². The van der Waals surface area contributed by atoms with Crippen molar-refractivity contribution in [3.8, 4) is 22.5 Å². The minimum atomic E-state index is -0.531. The van der Waals surface area contributed by atoms with Gasteiger partial charge in [0.2, 0.25) is 5.71 Å². The molecular weight excluding hydrogens is 492 g/mol. The summed E-state index contributed by atoms with van der Waals surface area (Å²) in [5, 5.41) is 4.09. The molecule has 2 aromatic heterocycles. The molecule has 0 atom stereocenters. The molecule has 6 heteroatoms. The summed E-state index contributed by atoms with van der Waals surface area (Å²) in [6.45, 7) is 5.62. The van der Waals surface area contributed by atoms with Crippen molar-refractivity contribution in [3.63, 3.8) is 0 Å². The zero-order chi connectivity index (χ0) is 23.9. The molecule has 1 aliphatic carbocycles. The van der Waals surface area contributed by atoms with Crippen molar-refractivity contribution in [1.82, 2.24) is 10.3 Å². The first kappa shape index (κ1) is 22.7. The monoisotopic (exact) mass is 518 g/mol. The summed E-state index contributed by atoms with van der Waals surface area (Å²) in [7, 11) is 0. The van der Waals surface area contributed by atoms with Crippen LogP contribution in [0, 0.1) is 0 Å². The highest BCUT2D eigenvalue weighted by molar-refractivity contribution is 9.10. The molecule has 174 valence electrons. The fraction of sp³-hybridized carbons (Fsp3) is 0.286. The van der Waals surface area contributed by atoms with Crippen LogP contribution < -0.4 is 5.32 Å². The number of aromatic nitrogens is 1. The van der Waals surface area contributed by atoms with E-state index in [0.29, 0.717) is 5.71 Å². The van der Waals surface area contributed by atoms with Crippen molar-refractivity contribution >= 4 is 33.1 Å². The number of hydrogen-bond acceptors (Lipinski definition) is 4. The predicted octanol–water partition coefficient (Wildman–Crippen LogP) is 7.83. The van der Waals surface area contributed by atoms with E-state index < -0.39 is 5.60 Å². The molecule has 0 saturated heterocycles. The summed E-state index contributed by atoms with van der Waals surface area (Å²) in [6.07, 6.45) is 4.22. The third-order valence-corrected chi connectivity index (χ3v) is 6.66. The molecule has 0 unspecified atom stereocenters. The van der Waals surface area contributed by atoms with Crippen LogP contribution in [0.15, 0.2) is 75.8 Å². The summed E-state index contributed by atoms with van der Waals surface area (Å²) >= 11 is 3.54. The third kappa shape index (κ3) is 4.34. The smallest absolute Gasteiger partial charge is 0.408 e. The predicted molar refractivity (Wildman–Crippen MR) is 137 cm³/mol. The summed E-state index contributed by atoms with van der Waals surface area (Å²) in [5.74, 6) is 0.779. The first-order chi connectivity index (χ1) is 16.2. The van der Waals surface area contributed by atoms with E-state index in [9.17, 15) is 4.79 Å². The van der Waals surface area contributed by atoms with E-state index in [1.807, 2.05) is 45.0 Å². The lowest BCUT2D eigenvalue weighted by Crippen LogP contribution is -2.52. The first-order valence-corrected chi connectivity index (χ1v) is 12.3. The maximum Gasteiger partial charge on any atom is 0.408 e. The number of hydrogen-bond donors (Lipinski definition) is 1. The highest BCUT2D eigenvalue weighted by Gasteiger charge is 2.41. The zero-order valence-electron chi connectivity index (χ0n) is 19.5. The number of pyridine rings is 1. The van der Waals surface area contributed by atoms with Gasteiger partial charge in [0.15, 0.2) is 0 Å². The molecule has 0 radical (unpaired) electrons. The van der Waals surface area contributed by atoms with Crippen LogP contribution in [0.1, 0.15) is 45.6 Å². The first-order valence-electron chi connectivity index (χ1n) is 11.5. The summed E-state index contributed by atoms with van der Waals surface area (Å²) in [5.41, 5.74) is 3.81. The SMILES string of the molecule is CC(C)(C)OC(=O)NC1(c2ccc(-c3oc4ncc(Br)cc4c3-c3ccccc3)cc2)CCC1. The topological polar surface area (TPSA) is 64.4 Å². The van der Waals surface area contributed by atoms with E-state index in [1.165, 1.54) is 0 Å². The van der Waals surface area contributed by atoms with Gasteiger partial charge >= 0.3 is 6.09 Å². The van der Waals surface area contributed by atoms with Gasteiger partial charge in [-0.1, -0.05) is 54.6 Å². The Morgan fingerprint density at radius 2 is 1.76 bits per heavy atom. The number of nitrogens with one attached hydrogen (secondary N) is 1.